The molecule has 1 aromatic heterocycles. The summed E-state index contributed by atoms with van der Waals surface area (Å²) in [5.74, 6) is 1.82. The van der Waals surface area contributed by atoms with Gasteiger partial charge in [-0.15, -0.1) is 0 Å². The third-order valence-corrected chi connectivity index (χ3v) is 3.22. The van der Waals surface area contributed by atoms with E-state index in [2.05, 4.69) is 36.2 Å². The molecule has 1 heterocycles. The zero-order valence-electron chi connectivity index (χ0n) is 11.6. The summed E-state index contributed by atoms with van der Waals surface area (Å²) in [4.78, 5) is 4.33. The molecule has 0 radical (unpaired) electrons. The molecule has 1 rings (SSSR count). The van der Waals surface area contributed by atoms with Crippen molar-refractivity contribution >= 4 is 0 Å². The van der Waals surface area contributed by atoms with Crippen LogP contribution in [0, 0.1) is 5.92 Å². The summed E-state index contributed by atoms with van der Waals surface area (Å²) in [7, 11) is 2.05. The third kappa shape index (κ3) is 4.46. The van der Waals surface area contributed by atoms with Gasteiger partial charge in [0.05, 0.1) is 0 Å². The van der Waals surface area contributed by atoms with Crippen LogP contribution < -0.4 is 5.32 Å². The molecule has 0 aromatic carbocycles. The molecule has 0 aliphatic heterocycles. The van der Waals surface area contributed by atoms with Crippen LogP contribution in [0.5, 0.6) is 0 Å². The fourth-order valence-electron chi connectivity index (χ4n) is 2.17. The molecule has 0 amide bonds. The van der Waals surface area contributed by atoms with Crippen LogP contribution in [0.2, 0.25) is 0 Å². The highest BCUT2D eigenvalue weighted by Gasteiger charge is 2.11. The summed E-state index contributed by atoms with van der Waals surface area (Å²) in [5.41, 5.74) is 0. The van der Waals surface area contributed by atoms with E-state index in [1.165, 1.54) is 12.8 Å². The first kappa shape index (κ1) is 14.2. The Morgan fingerprint density at radius 1 is 1.41 bits per heavy atom. The first-order valence-corrected chi connectivity index (χ1v) is 6.73. The van der Waals surface area contributed by atoms with Gasteiger partial charge in [-0.3, -0.25) is 4.68 Å². The maximum absolute atomic E-state index is 4.33. The Kier molecular flexibility index (Phi) is 6.19. The highest BCUT2D eigenvalue weighted by atomic mass is 15.3. The molecule has 1 atom stereocenters. The normalized spacial score (nSPS) is 13.2. The van der Waals surface area contributed by atoms with Crippen molar-refractivity contribution in [2.75, 3.05) is 7.05 Å². The first-order chi connectivity index (χ1) is 8.19. The second-order valence-electron chi connectivity index (χ2n) is 4.93. The van der Waals surface area contributed by atoms with Crippen molar-refractivity contribution in [3.05, 3.63) is 12.2 Å². The van der Waals surface area contributed by atoms with Crippen LogP contribution in [0.1, 0.15) is 45.9 Å². The van der Waals surface area contributed by atoms with Crippen LogP contribution in [-0.4, -0.2) is 27.9 Å². The summed E-state index contributed by atoms with van der Waals surface area (Å²) in [6, 6.07) is 0.609. The lowest BCUT2D eigenvalue weighted by atomic mass is 9.98. The van der Waals surface area contributed by atoms with E-state index in [1.807, 2.05) is 11.7 Å². The van der Waals surface area contributed by atoms with Crippen LogP contribution in [0.25, 0.3) is 0 Å². The fourth-order valence-corrected chi connectivity index (χ4v) is 2.17. The average molecular weight is 238 g/mol. The highest BCUT2D eigenvalue weighted by Crippen LogP contribution is 2.10. The molecule has 0 aliphatic rings. The number of aryl methyl sites for hydroxylation is 2. The third-order valence-electron chi connectivity index (χ3n) is 3.22. The van der Waals surface area contributed by atoms with E-state index >= 15 is 0 Å². The van der Waals surface area contributed by atoms with Crippen molar-refractivity contribution in [2.45, 2.75) is 59.0 Å². The molecule has 0 bridgehead atoms. The fraction of sp³-hybridized carbons (Fsp3) is 0.846. The minimum absolute atomic E-state index is 0.609. The summed E-state index contributed by atoms with van der Waals surface area (Å²) in [6.07, 6.45) is 6.19. The molecule has 4 nitrogen and oxygen atoms in total. The van der Waals surface area contributed by atoms with Gasteiger partial charge in [-0.1, -0.05) is 20.8 Å². The lowest BCUT2D eigenvalue weighted by molar-refractivity contribution is 0.390. The van der Waals surface area contributed by atoms with Crippen LogP contribution >= 0.6 is 0 Å². The molecule has 1 unspecified atom stereocenters. The zero-order valence-corrected chi connectivity index (χ0v) is 11.6. The lowest BCUT2D eigenvalue weighted by Crippen LogP contribution is -2.30. The Bertz CT molecular complexity index is 306. The molecule has 17 heavy (non-hydrogen) atoms. The van der Waals surface area contributed by atoms with E-state index in [9.17, 15) is 0 Å². The highest BCUT2D eigenvalue weighted by molar-refractivity contribution is 4.85. The Morgan fingerprint density at radius 2 is 2.18 bits per heavy atom. The molecule has 0 fully saturated rings. The lowest BCUT2D eigenvalue weighted by Gasteiger charge is -2.19. The molecule has 0 spiro atoms. The summed E-state index contributed by atoms with van der Waals surface area (Å²) in [5, 5.41) is 7.63. The molecule has 0 aliphatic carbocycles. The Morgan fingerprint density at radius 3 is 2.76 bits per heavy atom. The molecule has 98 valence electrons. The molecule has 0 saturated carbocycles. The maximum atomic E-state index is 4.33. The van der Waals surface area contributed by atoms with Gasteiger partial charge in [-0.25, -0.2) is 4.98 Å². The second-order valence-corrected chi connectivity index (χ2v) is 4.93. The maximum Gasteiger partial charge on any atom is 0.138 e. The number of rotatable bonds is 8. The van der Waals surface area contributed by atoms with E-state index in [-0.39, 0.29) is 0 Å². The molecular formula is C13H26N4. The minimum Gasteiger partial charge on any atom is -0.317 e. The smallest absolute Gasteiger partial charge is 0.138 e. The van der Waals surface area contributed by atoms with Crippen molar-refractivity contribution in [2.24, 2.45) is 5.92 Å². The quantitative estimate of drug-likeness (QED) is 0.755. The predicted molar refractivity (Wildman–Crippen MR) is 70.9 cm³/mol. The summed E-state index contributed by atoms with van der Waals surface area (Å²) >= 11 is 0. The zero-order chi connectivity index (χ0) is 12.7. The van der Waals surface area contributed by atoms with Gasteiger partial charge < -0.3 is 5.32 Å². The monoisotopic (exact) mass is 238 g/mol. The number of hydrogen-bond donors (Lipinski definition) is 1. The van der Waals surface area contributed by atoms with E-state index in [0.29, 0.717) is 12.0 Å². The van der Waals surface area contributed by atoms with Gasteiger partial charge in [0.2, 0.25) is 0 Å². The van der Waals surface area contributed by atoms with Crippen molar-refractivity contribution < 1.29 is 0 Å². The summed E-state index contributed by atoms with van der Waals surface area (Å²) < 4.78 is 2.03. The largest absolute Gasteiger partial charge is 0.317 e. The van der Waals surface area contributed by atoms with Crippen molar-refractivity contribution in [1.29, 1.82) is 0 Å². The summed E-state index contributed by atoms with van der Waals surface area (Å²) in [6.45, 7) is 7.68. The van der Waals surface area contributed by atoms with Gasteiger partial charge in [0.1, 0.15) is 12.2 Å². The molecule has 1 aromatic rings. The van der Waals surface area contributed by atoms with Crippen LogP contribution in [0.15, 0.2) is 6.33 Å². The second kappa shape index (κ2) is 7.43. The van der Waals surface area contributed by atoms with E-state index < -0.39 is 0 Å². The Labute approximate surface area is 105 Å². The van der Waals surface area contributed by atoms with Crippen molar-refractivity contribution in [3.63, 3.8) is 0 Å². The van der Waals surface area contributed by atoms with Crippen molar-refractivity contribution in [1.82, 2.24) is 20.1 Å². The van der Waals surface area contributed by atoms with Gasteiger partial charge >= 0.3 is 0 Å². The first-order valence-electron chi connectivity index (χ1n) is 6.73. The topological polar surface area (TPSA) is 42.7 Å². The number of aromatic nitrogens is 3. The van der Waals surface area contributed by atoms with Gasteiger partial charge in [0.25, 0.3) is 0 Å². The van der Waals surface area contributed by atoms with Crippen molar-refractivity contribution in [3.8, 4) is 0 Å². The van der Waals surface area contributed by atoms with Gasteiger partial charge in [0.15, 0.2) is 0 Å². The molecule has 0 saturated heterocycles. The molecule has 4 heteroatoms. The number of nitrogens with zero attached hydrogens (tertiary/aromatic N) is 3. The number of hydrogen-bond acceptors (Lipinski definition) is 3. The standard InChI is InChI=1S/C13H26N4/c1-5-9-17-13(15-10-16-17)8-6-7-12(14-4)11(2)3/h10-12,14H,5-9H2,1-4H3. The average Bonchev–Trinajstić information content (AvgIpc) is 2.72. The van der Waals surface area contributed by atoms with Crippen LogP contribution in [0.3, 0.4) is 0 Å². The predicted octanol–water partition coefficient (Wildman–Crippen LogP) is 2.25. The van der Waals surface area contributed by atoms with E-state index in [4.69, 9.17) is 0 Å². The van der Waals surface area contributed by atoms with Gasteiger partial charge in [0, 0.05) is 19.0 Å². The van der Waals surface area contributed by atoms with Gasteiger partial charge in [-0.2, -0.15) is 5.10 Å². The van der Waals surface area contributed by atoms with Gasteiger partial charge in [-0.05, 0) is 32.2 Å². The SMILES string of the molecule is CCCn1ncnc1CCCC(NC)C(C)C. The molecular weight excluding hydrogens is 212 g/mol. The minimum atomic E-state index is 0.609. The number of nitrogens with one attached hydrogen (secondary N) is 1. The Balaban J connectivity index is 2.37. The van der Waals surface area contributed by atoms with Crippen LogP contribution in [-0.2, 0) is 13.0 Å². The van der Waals surface area contributed by atoms with E-state index in [0.717, 1.165) is 25.2 Å². The van der Waals surface area contributed by atoms with Crippen LogP contribution in [0.4, 0.5) is 0 Å². The Hall–Kier alpha value is -0.900. The van der Waals surface area contributed by atoms with E-state index in [1.54, 1.807) is 6.33 Å². The molecule has 1 N–H and O–H groups in total.